The van der Waals surface area contributed by atoms with Crippen molar-refractivity contribution in [3.8, 4) is 0 Å². The fourth-order valence-electron chi connectivity index (χ4n) is 3.27. The van der Waals surface area contributed by atoms with Gasteiger partial charge in [-0.25, -0.2) is 9.50 Å². The molecule has 1 spiro atoms. The van der Waals surface area contributed by atoms with E-state index in [1.165, 1.54) is 16.8 Å². The van der Waals surface area contributed by atoms with Crippen LogP contribution in [-0.2, 0) is 4.74 Å². The maximum Gasteiger partial charge on any atom is 0.272 e. The van der Waals surface area contributed by atoms with Gasteiger partial charge in [0.1, 0.15) is 5.56 Å². The normalized spacial score (nSPS) is 20.7. The van der Waals surface area contributed by atoms with Crippen LogP contribution in [0.2, 0.25) is 0 Å². The van der Waals surface area contributed by atoms with Crippen molar-refractivity contribution in [2.24, 2.45) is 0 Å². The molecule has 2 aromatic heterocycles. The van der Waals surface area contributed by atoms with Crippen LogP contribution >= 0.6 is 0 Å². The summed E-state index contributed by atoms with van der Waals surface area (Å²) in [6.07, 6.45) is 6.08. The molecule has 0 atom stereocenters. The molecule has 2 fully saturated rings. The summed E-state index contributed by atoms with van der Waals surface area (Å²) >= 11 is 0. The number of nitrogens with zero attached hydrogens (tertiary/aromatic N) is 3. The van der Waals surface area contributed by atoms with Crippen LogP contribution in [0.25, 0.3) is 5.65 Å². The average molecular weight is 288 g/mol. The van der Waals surface area contributed by atoms with Gasteiger partial charge in [-0.15, -0.1) is 0 Å². The number of fused-ring (bicyclic) bond motifs is 1. The Morgan fingerprint density at radius 3 is 3.05 bits per heavy atom. The van der Waals surface area contributed by atoms with E-state index in [-0.39, 0.29) is 17.0 Å². The summed E-state index contributed by atoms with van der Waals surface area (Å²) in [6.45, 7) is 1.75. The lowest BCUT2D eigenvalue weighted by molar-refractivity contribution is -0.0876. The van der Waals surface area contributed by atoms with Gasteiger partial charge in [0, 0.05) is 25.0 Å². The minimum atomic E-state index is -0.223. The largest absolute Gasteiger partial charge is 0.377 e. The number of ether oxygens (including phenoxy) is 1. The molecule has 7 nitrogen and oxygen atoms in total. The highest BCUT2D eigenvalue weighted by Gasteiger charge is 2.47. The number of carbonyl (C=O) groups is 1. The molecular formula is C14H16N4O3. The zero-order valence-electron chi connectivity index (χ0n) is 11.5. The summed E-state index contributed by atoms with van der Waals surface area (Å²) in [4.78, 5) is 30.7. The van der Waals surface area contributed by atoms with Gasteiger partial charge in [-0.2, -0.15) is 0 Å². The third kappa shape index (κ3) is 1.73. The zero-order chi connectivity index (χ0) is 14.4. The predicted octanol–water partition coefficient (Wildman–Crippen LogP) is 0.418. The van der Waals surface area contributed by atoms with E-state index in [0.29, 0.717) is 31.0 Å². The highest BCUT2D eigenvalue weighted by molar-refractivity contribution is 6.00. The minimum absolute atomic E-state index is 0.0742. The molecule has 21 heavy (non-hydrogen) atoms. The Morgan fingerprint density at radius 2 is 2.29 bits per heavy atom. The van der Waals surface area contributed by atoms with Gasteiger partial charge in [-0.3, -0.25) is 14.7 Å². The highest BCUT2D eigenvalue weighted by atomic mass is 16.5. The van der Waals surface area contributed by atoms with Crippen molar-refractivity contribution in [2.45, 2.75) is 24.8 Å². The molecule has 2 aliphatic rings. The predicted molar refractivity (Wildman–Crippen MR) is 74.3 cm³/mol. The number of aromatic nitrogens is 3. The van der Waals surface area contributed by atoms with Crippen LogP contribution in [0.3, 0.4) is 0 Å². The van der Waals surface area contributed by atoms with Crippen molar-refractivity contribution in [1.82, 2.24) is 19.5 Å². The molecule has 1 amide bonds. The number of hydrogen-bond donors (Lipinski definition) is 1. The van der Waals surface area contributed by atoms with Gasteiger partial charge in [0.25, 0.3) is 11.5 Å². The first-order chi connectivity index (χ1) is 10.2. The van der Waals surface area contributed by atoms with Crippen molar-refractivity contribution < 1.29 is 9.53 Å². The van der Waals surface area contributed by atoms with Crippen LogP contribution in [0.5, 0.6) is 0 Å². The lowest BCUT2D eigenvalue weighted by atomic mass is 9.75. The summed E-state index contributed by atoms with van der Waals surface area (Å²) < 4.78 is 6.85. The van der Waals surface area contributed by atoms with E-state index in [2.05, 4.69) is 10.1 Å². The molecule has 1 aliphatic carbocycles. The molecule has 4 rings (SSSR count). The summed E-state index contributed by atoms with van der Waals surface area (Å²) in [6, 6.07) is 1.36. The Morgan fingerprint density at radius 1 is 1.43 bits per heavy atom. The molecular weight excluding hydrogens is 272 g/mol. The van der Waals surface area contributed by atoms with Gasteiger partial charge in [-0.05, 0) is 19.3 Å². The smallest absolute Gasteiger partial charge is 0.272 e. The van der Waals surface area contributed by atoms with E-state index in [9.17, 15) is 9.59 Å². The molecule has 0 unspecified atom stereocenters. The third-order valence-corrected chi connectivity index (χ3v) is 4.59. The maximum absolute atomic E-state index is 12.9. The van der Waals surface area contributed by atoms with Crippen LogP contribution in [0.15, 0.2) is 23.3 Å². The quantitative estimate of drug-likeness (QED) is 0.824. The Hall–Kier alpha value is -2.15. The van der Waals surface area contributed by atoms with Crippen LogP contribution in [-0.4, -0.2) is 50.7 Å². The molecule has 2 aromatic rings. The Labute approximate surface area is 120 Å². The number of aromatic amines is 1. The van der Waals surface area contributed by atoms with Crippen molar-refractivity contribution >= 4 is 11.6 Å². The second-order valence-corrected chi connectivity index (χ2v) is 5.72. The molecule has 1 saturated heterocycles. The Balaban J connectivity index is 1.76. The van der Waals surface area contributed by atoms with Crippen LogP contribution in [0.1, 0.15) is 29.6 Å². The van der Waals surface area contributed by atoms with Crippen molar-refractivity contribution in [3.63, 3.8) is 0 Å². The second kappa shape index (κ2) is 4.42. The number of hydrogen-bond acceptors (Lipinski definition) is 4. The average Bonchev–Trinajstić information content (AvgIpc) is 2.90. The van der Waals surface area contributed by atoms with Crippen molar-refractivity contribution in [1.29, 1.82) is 0 Å². The Bertz CT molecular complexity index is 759. The SMILES string of the molecule is O=C(c1c[nH]n2c(=O)ccnc12)N1CCOCC12CCC2. The summed E-state index contributed by atoms with van der Waals surface area (Å²) in [5.74, 6) is -0.0742. The minimum Gasteiger partial charge on any atom is -0.377 e. The molecule has 1 aliphatic heterocycles. The van der Waals surface area contributed by atoms with E-state index in [0.717, 1.165) is 19.3 Å². The van der Waals surface area contributed by atoms with Gasteiger partial charge in [0.2, 0.25) is 0 Å². The molecule has 7 heteroatoms. The van der Waals surface area contributed by atoms with Crippen LogP contribution in [0, 0.1) is 0 Å². The van der Waals surface area contributed by atoms with Gasteiger partial charge in [-0.1, -0.05) is 0 Å². The first-order valence-corrected chi connectivity index (χ1v) is 7.16. The number of rotatable bonds is 1. The van der Waals surface area contributed by atoms with Gasteiger partial charge in [0.05, 0.1) is 18.8 Å². The number of nitrogens with one attached hydrogen (secondary N) is 1. The van der Waals surface area contributed by atoms with Gasteiger partial charge < -0.3 is 9.64 Å². The fraction of sp³-hybridized carbons (Fsp3) is 0.500. The maximum atomic E-state index is 12.9. The van der Waals surface area contributed by atoms with Crippen molar-refractivity contribution in [2.75, 3.05) is 19.8 Å². The van der Waals surface area contributed by atoms with E-state index in [4.69, 9.17) is 4.74 Å². The van der Waals surface area contributed by atoms with Crippen LogP contribution < -0.4 is 5.56 Å². The van der Waals surface area contributed by atoms with Gasteiger partial charge >= 0.3 is 0 Å². The lowest BCUT2D eigenvalue weighted by Gasteiger charge is -2.52. The third-order valence-electron chi connectivity index (χ3n) is 4.59. The number of H-pyrrole nitrogens is 1. The summed E-state index contributed by atoms with van der Waals surface area (Å²) in [5, 5.41) is 2.80. The molecule has 110 valence electrons. The zero-order valence-corrected chi connectivity index (χ0v) is 11.5. The molecule has 0 radical (unpaired) electrons. The van der Waals surface area contributed by atoms with Crippen LogP contribution in [0.4, 0.5) is 0 Å². The number of morpholine rings is 1. The Kier molecular flexibility index (Phi) is 2.65. The monoisotopic (exact) mass is 288 g/mol. The fourth-order valence-corrected chi connectivity index (χ4v) is 3.27. The van der Waals surface area contributed by atoms with E-state index >= 15 is 0 Å². The number of amides is 1. The highest BCUT2D eigenvalue weighted by Crippen LogP contribution is 2.40. The molecule has 0 bridgehead atoms. The molecule has 1 N–H and O–H groups in total. The second-order valence-electron chi connectivity index (χ2n) is 5.72. The van der Waals surface area contributed by atoms with E-state index < -0.39 is 0 Å². The lowest BCUT2D eigenvalue weighted by Crippen LogP contribution is -2.62. The van der Waals surface area contributed by atoms with E-state index in [1.807, 2.05) is 4.90 Å². The number of carbonyl (C=O) groups excluding carboxylic acids is 1. The first kappa shape index (κ1) is 12.6. The standard InChI is InChI=1S/C14H16N4O3/c19-11-2-5-15-12-10(8-16-18(11)12)13(20)17-6-7-21-9-14(17)3-1-4-14/h2,5,8,16H,1,3-4,6-7,9H2. The topological polar surface area (TPSA) is 79.7 Å². The summed E-state index contributed by atoms with van der Waals surface area (Å²) in [5.41, 5.74) is 0.451. The summed E-state index contributed by atoms with van der Waals surface area (Å²) in [7, 11) is 0. The van der Waals surface area contributed by atoms with E-state index in [1.54, 1.807) is 6.20 Å². The molecule has 0 aromatic carbocycles. The first-order valence-electron chi connectivity index (χ1n) is 7.16. The van der Waals surface area contributed by atoms with Crippen molar-refractivity contribution in [3.05, 3.63) is 34.4 Å². The molecule has 3 heterocycles. The molecule has 1 saturated carbocycles. The van der Waals surface area contributed by atoms with Gasteiger partial charge in [0.15, 0.2) is 5.65 Å².